The van der Waals surface area contributed by atoms with Gasteiger partial charge in [0, 0.05) is 6.07 Å². The van der Waals surface area contributed by atoms with Crippen molar-refractivity contribution in [3.05, 3.63) is 17.7 Å². The first-order valence-corrected chi connectivity index (χ1v) is 8.40. The van der Waals surface area contributed by atoms with Gasteiger partial charge in [0.2, 0.25) is 16.8 Å². The molecule has 8 heteroatoms. The Hall–Kier alpha value is -1.80. The molecule has 1 aromatic carbocycles. The number of carboxylic acids is 1. The lowest BCUT2D eigenvalue weighted by atomic mass is 10.0. The summed E-state index contributed by atoms with van der Waals surface area (Å²) in [7, 11) is -3.98. The summed E-state index contributed by atoms with van der Waals surface area (Å²) in [5.74, 6) is -0.715. The number of aliphatic carboxylic acids is 1. The Morgan fingerprint density at radius 2 is 1.95 bits per heavy atom. The zero-order valence-corrected chi connectivity index (χ0v) is 13.4. The number of fused-ring (bicyclic) bond motifs is 1. The number of hydrogen-bond acceptors (Lipinski definition) is 5. The van der Waals surface area contributed by atoms with Crippen LogP contribution in [0, 0.1) is 12.8 Å². The maximum atomic E-state index is 12.5. The van der Waals surface area contributed by atoms with E-state index in [1.54, 1.807) is 26.8 Å². The predicted molar refractivity (Wildman–Crippen MR) is 78.5 cm³/mol. The number of carbonyl (C=O) groups is 1. The second-order valence-electron chi connectivity index (χ2n) is 5.29. The van der Waals surface area contributed by atoms with Crippen molar-refractivity contribution in [1.29, 1.82) is 0 Å². The van der Waals surface area contributed by atoms with E-state index in [1.165, 1.54) is 6.07 Å². The van der Waals surface area contributed by atoms with Gasteiger partial charge in [-0.25, -0.2) is 8.42 Å². The number of sulfonamides is 1. The van der Waals surface area contributed by atoms with Crippen molar-refractivity contribution in [1.82, 2.24) is 4.72 Å². The van der Waals surface area contributed by atoms with Crippen molar-refractivity contribution in [2.24, 2.45) is 5.92 Å². The van der Waals surface area contributed by atoms with Crippen molar-refractivity contribution in [2.45, 2.75) is 38.1 Å². The molecular formula is C14H19NO6S. The van der Waals surface area contributed by atoms with Crippen LogP contribution in [-0.4, -0.2) is 32.3 Å². The van der Waals surface area contributed by atoms with Crippen molar-refractivity contribution < 1.29 is 27.8 Å². The van der Waals surface area contributed by atoms with Crippen LogP contribution >= 0.6 is 0 Å². The molecule has 1 aliphatic heterocycles. The summed E-state index contributed by atoms with van der Waals surface area (Å²) in [6.07, 6.45) is 0.541. The Labute approximate surface area is 129 Å². The minimum absolute atomic E-state index is 0.00805. The third-order valence-electron chi connectivity index (χ3n) is 3.72. The van der Waals surface area contributed by atoms with E-state index in [4.69, 9.17) is 9.47 Å². The van der Waals surface area contributed by atoms with Crippen LogP contribution < -0.4 is 14.2 Å². The van der Waals surface area contributed by atoms with E-state index in [0.717, 1.165) is 0 Å². The maximum absolute atomic E-state index is 12.5. The molecule has 122 valence electrons. The largest absolute Gasteiger partial charge is 0.480 e. The lowest BCUT2D eigenvalue weighted by Gasteiger charge is -2.20. The minimum Gasteiger partial charge on any atom is -0.480 e. The van der Waals surface area contributed by atoms with Gasteiger partial charge in [-0.3, -0.25) is 4.79 Å². The highest BCUT2D eigenvalue weighted by atomic mass is 32.2. The molecule has 1 aliphatic rings. The maximum Gasteiger partial charge on any atom is 0.322 e. The Balaban J connectivity index is 2.36. The van der Waals surface area contributed by atoms with Gasteiger partial charge < -0.3 is 14.6 Å². The molecule has 2 N–H and O–H groups in total. The first kappa shape index (κ1) is 16.6. The summed E-state index contributed by atoms with van der Waals surface area (Å²) in [5.41, 5.74) is 0.463. The molecule has 1 aromatic rings. The zero-order valence-electron chi connectivity index (χ0n) is 12.6. The van der Waals surface area contributed by atoms with Crippen molar-refractivity contribution in [2.75, 3.05) is 6.79 Å². The van der Waals surface area contributed by atoms with Crippen LogP contribution in [0.5, 0.6) is 11.5 Å². The normalized spacial score (nSPS) is 16.3. The fourth-order valence-corrected chi connectivity index (χ4v) is 3.73. The summed E-state index contributed by atoms with van der Waals surface area (Å²) in [6.45, 7) is 5.15. The van der Waals surface area contributed by atoms with E-state index in [-0.39, 0.29) is 17.6 Å². The first-order chi connectivity index (χ1) is 10.3. The summed E-state index contributed by atoms with van der Waals surface area (Å²) in [4.78, 5) is 11.3. The Morgan fingerprint density at radius 3 is 2.50 bits per heavy atom. The van der Waals surface area contributed by atoms with Crippen LogP contribution in [0.4, 0.5) is 0 Å². The molecular weight excluding hydrogens is 310 g/mol. The fraction of sp³-hybridized carbons (Fsp3) is 0.500. The zero-order chi connectivity index (χ0) is 16.5. The molecule has 0 amide bonds. The molecule has 0 bridgehead atoms. The predicted octanol–water partition coefficient (Wildman–Crippen LogP) is 1.50. The highest BCUT2D eigenvalue weighted by Crippen LogP contribution is 2.36. The van der Waals surface area contributed by atoms with Gasteiger partial charge in [0.25, 0.3) is 0 Å². The summed E-state index contributed by atoms with van der Waals surface area (Å²) >= 11 is 0. The van der Waals surface area contributed by atoms with Crippen molar-refractivity contribution in [3.8, 4) is 11.5 Å². The van der Waals surface area contributed by atoms with Gasteiger partial charge in [0.15, 0.2) is 11.5 Å². The highest BCUT2D eigenvalue weighted by molar-refractivity contribution is 7.89. The van der Waals surface area contributed by atoms with E-state index < -0.39 is 22.0 Å². The summed E-state index contributed by atoms with van der Waals surface area (Å²) < 4.78 is 37.7. The van der Waals surface area contributed by atoms with Crippen LogP contribution in [0.25, 0.3) is 0 Å². The molecule has 0 radical (unpaired) electrons. The van der Waals surface area contributed by atoms with Gasteiger partial charge in [-0.2, -0.15) is 4.72 Å². The van der Waals surface area contributed by atoms with Gasteiger partial charge in [0.05, 0.1) is 4.90 Å². The molecule has 22 heavy (non-hydrogen) atoms. The van der Waals surface area contributed by atoms with Crippen LogP contribution in [0.1, 0.15) is 25.8 Å². The van der Waals surface area contributed by atoms with E-state index in [0.29, 0.717) is 23.5 Å². The van der Waals surface area contributed by atoms with Crippen molar-refractivity contribution in [3.63, 3.8) is 0 Å². The molecule has 0 unspecified atom stereocenters. The average molecular weight is 329 g/mol. The molecule has 1 heterocycles. The van der Waals surface area contributed by atoms with E-state index in [9.17, 15) is 18.3 Å². The molecule has 0 spiro atoms. The minimum atomic E-state index is -3.98. The van der Waals surface area contributed by atoms with Crippen LogP contribution in [0.3, 0.4) is 0 Å². The lowest BCUT2D eigenvalue weighted by Crippen LogP contribution is -2.45. The Bertz CT molecular complexity index is 685. The Morgan fingerprint density at radius 1 is 1.36 bits per heavy atom. The molecule has 2 rings (SSSR count). The molecule has 0 aliphatic carbocycles. The van der Waals surface area contributed by atoms with E-state index in [1.807, 2.05) is 0 Å². The molecule has 0 saturated heterocycles. The van der Waals surface area contributed by atoms with Crippen LogP contribution in [0.2, 0.25) is 0 Å². The van der Waals surface area contributed by atoms with Crippen molar-refractivity contribution >= 4 is 16.0 Å². The molecule has 2 atom stereocenters. The second-order valence-corrected chi connectivity index (χ2v) is 6.98. The van der Waals surface area contributed by atoms with Crippen LogP contribution in [0.15, 0.2) is 17.0 Å². The standard InChI is InChI=1S/C14H19NO6S/c1-4-8(2)13(14(16)17)15-22(18,19)12-6-11-10(5-9(12)3)20-7-21-11/h5-6,8,13,15H,4,7H2,1-3H3,(H,16,17)/t8-,13-/m0/s1. The number of ether oxygens (including phenoxy) is 2. The number of benzene rings is 1. The third-order valence-corrected chi connectivity index (χ3v) is 5.30. The molecule has 0 fully saturated rings. The summed E-state index contributed by atoms with van der Waals surface area (Å²) in [6, 6.07) is 1.74. The number of hydrogen-bond donors (Lipinski definition) is 2. The summed E-state index contributed by atoms with van der Waals surface area (Å²) in [5, 5.41) is 9.24. The van der Waals surface area contributed by atoms with Gasteiger partial charge in [-0.1, -0.05) is 20.3 Å². The SMILES string of the molecule is CC[C@H](C)[C@H](NS(=O)(=O)c1cc2c(cc1C)OCO2)C(=O)O. The topological polar surface area (TPSA) is 102 Å². The second kappa shape index (κ2) is 6.13. The Kier molecular flexibility index (Phi) is 4.62. The molecule has 0 aromatic heterocycles. The van der Waals surface area contributed by atoms with Crippen LogP contribution in [-0.2, 0) is 14.8 Å². The number of nitrogens with one attached hydrogen (secondary N) is 1. The van der Waals surface area contributed by atoms with Gasteiger partial charge >= 0.3 is 5.97 Å². The fourth-order valence-electron chi connectivity index (χ4n) is 2.19. The highest BCUT2D eigenvalue weighted by Gasteiger charge is 2.31. The quantitative estimate of drug-likeness (QED) is 0.820. The van der Waals surface area contributed by atoms with E-state index in [2.05, 4.69) is 4.72 Å². The number of carboxylic acid groups (broad SMARTS) is 1. The monoisotopic (exact) mass is 329 g/mol. The first-order valence-electron chi connectivity index (χ1n) is 6.91. The molecule has 7 nitrogen and oxygen atoms in total. The average Bonchev–Trinajstić information content (AvgIpc) is 2.89. The number of aryl methyl sites for hydroxylation is 1. The number of rotatable bonds is 6. The van der Waals surface area contributed by atoms with Gasteiger partial charge in [0.1, 0.15) is 6.04 Å². The lowest BCUT2D eigenvalue weighted by molar-refractivity contribution is -0.140. The van der Waals surface area contributed by atoms with E-state index >= 15 is 0 Å². The van der Waals surface area contributed by atoms with Gasteiger partial charge in [-0.05, 0) is 24.5 Å². The van der Waals surface area contributed by atoms with Gasteiger partial charge in [-0.15, -0.1) is 0 Å². The smallest absolute Gasteiger partial charge is 0.322 e. The third kappa shape index (κ3) is 3.17. The molecule has 0 saturated carbocycles.